The predicted octanol–water partition coefficient (Wildman–Crippen LogP) is 4.54. The van der Waals surface area contributed by atoms with E-state index >= 15 is 0 Å². The fourth-order valence-corrected chi connectivity index (χ4v) is 2.26. The average Bonchev–Trinajstić information content (AvgIpc) is 2.33. The molecule has 0 heterocycles. The first-order valence-corrected chi connectivity index (χ1v) is 5.89. The molecule has 0 saturated heterocycles. The molecular weight excluding hydrogens is 204 g/mol. The Morgan fingerprint density at radius 1 is 0.824 bits per heavy atom. The smallest absolute Gasteiger partial charge is 0.00938 e. The van der Waals surface area contributed by atoms with Crippen molar-refractivity contribution in [2.75, 3.05) is 0 Å². The summed E-state index contributed by atoms with van der Waals surface area (Å²) < 4.78 is 0. The van der Waals surface area contributed by atoms with Crippen LogP contribution in [0.5, 0.6) is 0 Å². The van der Waals surface area contributed by atoms with Gasteiger partial charge in [0.15, 0.2) is 0 Å². The molecule has 1 aromatic carbocycles. The Morgan fingerprint density at radius 2 is 1.53 bits per heavy atom. The second kappa shape index (κ2) is 4.06. The van der Waals surface area contributed by atoms with Crippen molar-refractivity contribution in [3.8, 4) is 0 Å². The van der Waals surface area contributed by atoms with Crippen LogP contribution in [-0.4, -0.2) is 0 Å². The number of rotatable bonds is 0. The molecule has 82 valence electrons. The molecule has 0 aliphatic heterocycles. The summed E-state index contributed by atoms with van der Waals surface area (Å²) in [5.74, 6) is 0. The molecule has 0 unspecified atom stereocenters. The molecule has 0 heteroatoms. The van der Waals surface area contributed by atoms with Gasteiger partial charge in [0.05, 0.1) is 0 Å². The number of benzene rings is 1. The van der Waals surface area contributed by atoms with Crippen molar-refractivity contribution in [3.05, 3.63) is 83.0 Å². The molecule has 1 aromatic rings. The molecule has 0 aromatic heterocycles. The van der Waals surface area contributed by atoms with E-state index < -0.39 is 0 Å². The molecule has 0 bridgehead atoms. The average molecular weight is 218 g/mol. The molecule has 17 heavy (non-hydrogen) atoms. The molecule has 2 aliphatic carbocycles. The molecule has 0 nitrogen and oxygen atoms in total. The van der Waals surface area contributed by atoms with Gasteiger partial charge in [0.2, 0.25) is 0 Å². The number of hydrogen-bond donors (Lipinski definition) is 0. The van der Waals surface area contributed by atoms with Gasteiger partial charge >= 0.3 is 0 Å². The summed E-state index contributed by atoms with van der Waals surface area (Å²) in [5.41, 5.74) is 6.24. The number of fused-ring (bicyclic) bond motifs is 1. The minimum Gasteiger partial charge on any atom is -0.0949 e. The van der Waals surface area contributed by atoms with Crippen LogP contribution < -0.4 is 0 Å². The van der Waals surface area contributed by atoms with Gasteiger partial charge in [-0.25, -0.2) is 0 Å². The summed E-state index contributed by atoms with van der Waals surface area (Å²) in [5, 5.41) is 0. The molecule has 0 amide bonds. The normalized spacial score (nSPS) is 21.3. The largest absolute Gasteiger partial charge is 0.0949 e. The van der Waals surface area contributed by atoms with E-state index in [0.29, 0.717) is 0 Å². The molecule has 0 spiro atoms. The zero-order chi connectivity index (χ0) is 11.7. The van der Waals surface area contributed by atoms with Gasteiger partial charge in [-0.2, -0.15) is 0 Å². The highest BCUT2D eigenvalue weighted by molar-refractivity contribution is 5.73. The van der Waals surface area contributed by atoms with Gasteiger partial charge < -0.3 is 0 Å². The summed E-state index contributed by atoms with van der Waals surface area (Å²) in [6, 6.07) is 8.43. The highest BCUT2D eigenvalue weighted by atomic mass is 14.1. The van der Waals surface area contributed by atoms with Gasteiger partial charge in [-0.3, -0.25) is 0 Å². The van der Waals surface area contributed by atoms with E-state index in [1.807, 2.05) is 0 Å². The maximum atomic E-state index is 4.13. The second-order valence-electron chi connectivity index (χ2n) is 4.37. The van der Waals surface area contributed by atoms with Crippen molar-refractivity contribution in [1.29, 1.82) is 0 Å². The molecule has 0 radical (unpaired) electrons. The molecule has 0 atom stereocenters. The van der Waals surface area contributed by atoms with Crippen molar-refractivity contribution in [3.63, 3.8) is 0 Å². The first-order chi connectivity index (χ1) is 8.34. The van der Waals surface area contributed by atoms with Gasteiger partial charge in [-0.05, 0) is 34.3 Å². The predicted molar refractivity (Wildman–Crippen MR) is 74.4 cm³/mol. The van der Waals surface area contributed by atoms with Crippen LogP contribution in [0.25, 0.3) is 12.2 Å². The Morgan fingerprint density at radius 3 is 2.29 bits per heavy atom. The number of hydrogen-bond acceptors (Lipinski definition) is 0. The van der Waals surface area contributed by atoms with E-state index in [9.17, 15) is 0 Å². The van der Waals surface area contributed by atoms with Crippen LogP contribution in [0.1, 0.15) is 17.5 Å². The van der Waals surface area contributed by atoms with E-state index in [-0.39, 0.29) is 0 Å². The lowest BCUT2D eigenvalue weighted by Gasteiger charge is -2.15. The Labute approximate surface area is 102 Å². The molecule has 3 rings (SSSR count). The highest BCUT2D eigenvalue weighted by Gasteiger charge is 2.09. The summed E-state index contributed by atoms with van der Waals surface area (Å²) >= 11 is 0. The van der Waals surface area contributed by atoms with Crippen LogP contribution >= 0.6 is 0 Å². The van der Waals surface area contributed by atoms with Crippen LogP contribution in [-0.2, 0) is 0 Å². The highest BCUT2D eigenvalue weighted by Crippen LogP contribution is 2.28. The number of allylic oxidation sites excluding steroid dienone is 7. The van der Waals surface area contributed by atoms with Gasteiger partial charge in [-0.15, -0.1) is 0 Å². The third-order valence-electron chi connectivity index (χ3n) is 3.22. The Balaban J connectivity index is 2.15. The van der Waals surface area contributed by atoms with Gasteiger partial charge in [0, 0.05) is 0 Å². The summed E-state index contributed by atoms with van der Waals surface area (Å²) in [4.78, 5) is 0. The van der Waals surface area contributed by atoms with Crippen LogP contribution in [0.15, 0.2) is 71.9 Å². The molecule has 2 aliphatic rings. The van der Waals surface area contributed by atoms with E-state index in [1.165, 1.54) is 27.8 Å². The maximum Gasteiger partial charge on any atom is -0.00938 e. The quantitative estimate of drug-likeness (QED) is 0.599. The third kappa shape index (κ3) is 1.83. The summed E-state index contributed by atoms with van der Waals surface area (Å²) in [7, 11) is 0. The Bertz CT molecular complexity index is 592. The monoisotopic (exact) mass is 218 g/mol. The lowest BCUT2D eigenvalue weighted by molar-refractivity contribution is 1.21. The first-order valence-electron chi connectivity index (χ1n) is 5.89. The first kappa shape index (κ1) is 10.1. The molecule has 0 saturated carbocycles. The SMILES string of the molecule is C=C1CC=CC2=C1/C=C\c1ccccc1/C=C\2. The molecule has 0 fully saturated rings. The minimum absolute atomic E-state index is 0.957. The Kier molecular flexibility index (Phi) is 2.41. The topological polar surface area (TPSA) is 0 Å². The van der Waals surface area contributed by atoms with Crippen molar-refractivity contribution in [2.45, 2.75) is 6.42 Å². The van der Waals surface area contributed by atoms with E-state index in [2.05, 4.69) is 67.3 Å². The molecule has 0 N–H and O–H groups in total. The van der Waals surface area contributed by atoms with E-state index in [4.69, 9.17) is 0 Å². The van der Waals surface area contributed by atoms with Crippen molar-refractivity contribution in [1.82, 2.24) is 0 Å². The summed E-state index contributed by atoms with van der Waals surface area (Å²) in [6.45, 7) is 4.13. The van der Waals surface area contributed by atoms with E-state index in [1.54, 1.807) is 0 Å². The van der Waals surface area contributed by atoms with E-state index in [0.717, 1.165) is 6.42 Å². The lowest BCUT2D eigenvalue weighted by atomic mass is 9.90. The second-order valence-corrected chi connectivity index (χ2v) is 4.37. The maximum absolute atomic E-state index is 4.13. The zero-order valence-electron chi connectivity index (χ0n) is 9.69. The fourth-order valence-electron chi connectivity index (χ4n) is 2.26. The van der Waals surface area contributed by atoms with Crippen molar-refractivity contribution >= 4 is 12.2 Å². The summed E-state index contributed by atoms with van der Waals surface area (Å²) in [6.07, 6.45) is 14.0. The third-order valence-corrected chi connectivity index (χ3v) is 3.22. The fraction of sp³-hybridized carbons (Fsp3) is 0.0588. The van der Waals surface area contributed by atoms with Crippen LogP contribution in [0.4, 0.5) is 0 Å². The van der Waals surface area contributed by atoms with Crippen LogP contribution in [0.2, 0.25) is 0 Å². The standard InChI is InChI=1S/C17H14/c1-13-5-4-8-16-10-9-14-6-2-3-7-15(14)11-12-17(13)16/h2-4,6-12H,1,5H2/b10-9-,12-11-,14-9?,15-11?,16-10?,17-12?. The zero-order valence-corrected chi connectivity index (χ0v) is 9.69. The van der Waals surface area contributed by atoms with Crippen molar-refractivity contribution in [2.24, 2.45) is 0 Å². The molecular formula is C17H14. The van der Waals surface area contributed by atoms with Crippen LogP contribution in [0.3, 0.4) is 0 Å². The van der Waals surface area contributed by atoms with Gasteiger partial charge in [0.1, 0.15) is 0 Å². The van der Waals surface area contributed by atoms with Gasteiger partial charge in [-0.1, -0.05) is 67.3 Å². The van der Waals surface area contributed by atoms with Crippen LogP contribution in [0, 0.1) is 0 Å². The van der Waals surface area contributed by atoms with Crippen molar-refractivity contribution < 1.29 is 0 Å². The minimum atomic E-state index is 0.957. The van der Waals surface area contributed by atoms with Gasteiger partial charge in [0.25, 0.3) is 0 Å². The Hall–Kier alpha value is -2.08. The lowest BCUT2D eigenvalue weighted by Crippen LogP contribution is -1.95.